The summed E-state index contributed by atoms with van der Waals surface area (Å²) in [6, 6.07) is 5.21. The Hall–Kier alpha value is -2.15. The van der Waals surface area contributed by atoms with E-state index in [1.165, 1.54) is 16.1 Å². The van der Waals surface area contributed by atoms with Gasteiger partial charge in [-0.3, -0.25) is 0 Å². The van der Waals surface area contributed by atoms with E-state index in [1.54, 1.807) is 16.8 Å². The highest BCUT2D eigenvalue weighted by atomic mass is 32.2. The van der Waals surface area contributed by atoms with Crippen LogP contribution in [0.5, 0.6) is 0 Å². The first-order chi connectivity index (χ1) is 15.5. The fourth-order valence-electron chi connectivity index (χ4n) is 3.98. The van der Waals surface area contributed by atoms with Crippen LogP contribution in [0.2, 0.25) is 0 Å². The molecule has 1 saturated heterocycles. The maximum Gasteiger partial charge on any atom is 0.243 e. The Balaban J connectivity index is 1.43. The maximum absolute atomic E-state index is 13.1. The predicted octanol–water partition coefficient (Wildman–Crippen LogP) is 1.94. The van der Waals surface area contributed by atoms with E-state index in [1.807, 2.05) is 6.07 Å². The Morgan fingerprint density at radius 1 is 1.22 bits per heavy atom. The molecule has 0 atom stereocenters. The molecular weight excluding hydrogens is 450 g/mol. The predicted molar refractivity (Wildman–Crippen MR) is 121 cm³/mol. The van der Waals surface area contributed by atoms with Crippen molar-refractivity contribution in [1.82, 2.24) is 28.7 Å². The average molecular weight is 478 g/mol. The zero-order valence-electron chi connectivity index (χ0n) is 18.0. The fourth-order valence-corrected chi connectivity index (χ4v) is 6.21. The highest BCUT2D eigenvalue weighted by molar-refractivity contribution is 7.98. The molecule has 32 heavy (non-hydrogen) atoms. The van der Waals surface area contributed by atoms with Gasteiger partial charge in [-0.2, -0.15) is 4.31 Å². The number of benzene rings is 1. The van der Waals surface area contributed by atoms with Crippen LogP contribution < -0.4 is 5.84 Å². The normalized spacial score (nSPS) is 17.9. The smallest absolute Gasteiger partial charge is 0.243 e. The lowest BCUT2D eigenvalue weighted by molar-refractivity contribution is 0.0730. The van der Waals surface area contributed by atoms with E-state index in [0.717, 1.165) is 43.0 Å². The van der Waals surface area contributed by atoms with E-state index in [4.69, 9.17) is 15.6 Å². The second kappa shape index (κ2) is 8.65. The third-order valence-electron chi connectivity index (χ3n) is 5.82. The van der Waals surface area contributed by atoms with Crippen molar-refractivity contribution in [1.29, 1.82) is 0 Å². The number of sulfonamides is 1. The Morgan fingerprint density at radius 2 is 2.00 bits per heavy atom. The standard InChI is InChI=1S/C20H27N7O3S2/c1-2-7-26-17-6-5-15(32(28,29)25-8-10-30-11-9-25)12-16(17)22-18(26)13-31-20-24-23-19(27(20)21)14-3-4-14/h5-6,12,14H,2-4,7-11,13,21H2,1H3. The van der Waals surface area contributed by atoms with Crippen molar-refractivity contribution in [3.05, 3.63) is 29.8 Å². The van der Waals surface area contributed by atoms with Crippen LogP contribution in [-0.4, -0.2) is 63.5 Å². The Morgan fingerprint density at radius 3 is 2.72 bits per heavy atom. The summed E-state index contributed by atoms with van der Waals surface area (Å²) in [5, 5.41) is 9.14. The van der Waals surface area contributed by atoms with Crippen molar-refractivity contribution in [2.75, 3.05) is 32.1 Å². The van der Waals surface area contributed by atoms with E-state index < -0.39 is 10.0 Å². The minimum Gasteiger partial charge on any atom is -0.379 e. The monoisotopic (exact) mass is 477 g/mol. The number of fused-ring (bicyclic) bond motifs is 1. The Labute approximate surface area is 191 Å². The van der Waals surface area contributed by atoms with Gasteiger partial charge in [-0.1, -0.05) is 18.7 Å². The summed E-state index contributed by atoms with van der Waals surface area (Å²) < 4.78 is 36.6. The van der Waals surface area contributed by atoms with Gasteiger partial charge < -0.3 is 15.1 Å². The number of rotatable bonds is 8. The van der Waals surface area contributed by atoms with Crippen molar-refractivity contribution in [2.24, 2.45) is 0 Å². The number of nitrogen functional groups attached to an aromatic ring is 1. The van der Waals surface area contributed by atoms with Gasteiger partial charge in [0.05, 0.1) is 34.9 Å². The molecule has 1 aromatic carbocycles. The summed E-state index contributed by atoms with van der Waals surface area (Å²) in [5.74, 6) is 8.89. The molecule has 0 spiro atoms. The van der Waals surface area contributed by atoms with Gasteiger partial charge in [0, 0.05) is 25.6 Å². The maximum atomic E-state index is 13.1. The zero-order chi connectivity index (χ0) is 22.3. The summed E-state index contributed by atoms with van der Waals surface area (Å²) in [5.41, 5.74) is 1.60. The van der Waals surface area contributed by atoms with Crippen LogP contribution in [0.4, 0.5) is 0 Å². The van der Waals surface area contributed by atoms with E-state index in [0.29, 0.717) is 48.6 Å². The molecular formula is C20H27N7O3S2. The lowest BCUT2D eigenvalue weighted by Crippen LogP contribution is -2.40. The molecule has 2 fully saturated rings. The number of nitrogens with zero attached hydrogens (tertiary/aromatic N) is 6. The van der Waals surface area contributed by atoms with Crippen molar-refractivity contribution < 1.29 is 13.2 Å². The molecule has 1 aliphatic heterocycles. The van der Waals surface area contributed by atoms with Crippen molar-refractivity contribution in [3.63, 3.8) is 0 Å². The van der Waals surface area contributed by atoms with Crippen LogP contribution in [0.15, 0.2) is 28.3 Å². The molecule has 2 aromatic heterocycles. The van der Waals surface area contributed by atoms with Crippen LogP contribution in [0.1, 0.15) is 43.8 Å². The zero-order valence-corrected chi connectivity index (χ0v) is 19.6. The fraction of sp³-hybridized carbons (Fsp3) is 0.550. The molecule has 1 aliphatic carbocycles. The van der Waals surface area contributed by atoms with Crippen LogP contribution in [-0.2, 0) is 27.1 Å². The van der Waals surface area contributed by atoms with Gasteiger partial charge in [-0.15, -0.1) is 10.2 Å². The van der Waals surface area contributed by atoms with Crippen molar-refractivity contribution >= 4 is 32.8 Å². The van der Waals surface area contributed by atoms with Gasteiger partial charge in [-0.25, -0.2) is 18.1 Å². The van der Waals surface area contributed by atoms with Gasteiger partial charge in [-0.05, 0) is 37.5 Å². The van der Waals surface area contributed by atoms with Gasteiger partial charge in [0.15, 0.2) is 5.82 Å². The summed E-state index contributed by atoms with van der Waals surface area (Å²) in [6.45, 7) is 4.48. The number of hydrogen-bond donors (Lipinski definition) is 1. The van der Waals surface area contributed by atoms with E-state index in [2.05, 4.69) is 21.7 Å². The summed E-state index contributed by atoms with van der Waals surface area (Å²) in [6.07, 6.45) is 3.17. The first-order valence-electron chi connectivity index (χ1n) is 10.9. The third-order valence-corrected chi connectivity index (χ3v) is 8.65. The van der Waals surface area contributed by atoms with Gasteiger partial charge in [0.25, 0.3) is 0 Å². The molecule has 172 valence electrons. The molecule has 2 N–H and O–H groups in total. The van der Waals surface area contributed by atoms with E-state index in [9.17, 15) is 8.42 Å². The minimum atomic E-state index is -3.57. The first-order valence-corrected chi connectivity index (χ1v) is 13.3. The lowest BCUT2D eigenvalue weighted by atomic mass is 10.3. The van der Waals surface area contributed by atoms with Crippen molar-refractivity contribution in [3.8, 4) is 0 Å². The number of aryl methyl sites for hydroxylation is 1. The second-order valence-corrected chi connectivity index (χ2v) is 11.0. The number of thioether (sulfide) groups is 1. The van der Waals surface area contributed by atoms with Crippen LogP contribution in [0.3, 0.4) is 0 Å². The molecule has 12 heteroatoms. The molecule has 0 unspecified atom stereocenters. The minimum absolute atomic E-state index is 0.267. The number of hydrogen-bond acceptors (Lipinski definition) is 8. The van der Waals surface area contributed by atoms with E-state index in [-0.39, 0.29) is 4.90 Å². The highest BCUT2D eigenvalue weighted by Gasteiger charge is 2.30. The van der Waals surface area contributed by atoms with Gasteiger partial charge in [0.1, 0.15) is 5.82 Å². The largest absolute Gasteiger partial charge is 0.379 e. The molecule has 0 bridgehead atoms. The molecule has 5 rings (SSSR count). The van der Waals surface area contributed by atoms with Crippen LogP contribution >= 0.6 is 11.8 Å². The Bertz CT molecular complexity index is 1230. The number of aromatic nitrogens is 5. The number of nitrogens with two attached hydrogens (primary N) is 1. The number of imidazole rings is 1. The molecule has 3 heterocycles. The Kier molecular flexibility index (Phi) is 5.86. The van der Waals surface area contributed by atoms with Crippen molar-refractivity contribution in [2.45, 2.75) is 54.5 Å². The van der Waals surface area contributed by atoms with Crippen LogP contribution in [0, 0.1) is 0 Å². The summed E-state index contributed by atoms with van der Waals surface area (Å²) >= 11 is 1.49. The first kappa shape index (κ1) is 21.7. The molecule has 2 aliphatic rings. The number of morpholine rings is 1. The lowest BCUT2D eigenvalue weighted by Gasteiger charge is -2.26. The molecule has 10 nitrogen and oxygen atoms in total. The third kappa shape index (κ3) is 4.00. The van der Waals surface area contributed by atoms with E-state index >= 15 is 0 Å². The SMILES string of the molecule is CCCn1c(CSc2nnc(C3CC3)n2N)nc2cc(S(=O)(=O)N3CCOCC3)ccc21. The van der Waals surface area contributed by atoms with Gasteiger partial charge in [0.2, 0.25) is 15.2 Å². The molecule has 0 radical (unpaired) electrons. The quantitative estimate of drug-likeness (QED) is 0.386. The topological polar surface area (TPSA) is 121 Å². The van der Waals surface area contributed by atoms with Crippen LogP contribution in [0.25, 0.3) is 11.0 Å². The summed E-state index contributed by atoms with van der Waals surface area (Å²) in [4.78, 5) is 5.05. The molecule has 3 aromatic rings. The van der Waals surface area contributed by atoms with Gasteiger partial charge >= 0.3 is 0 Å². The highest BCUT2D eigenvalue weighted by Crippen LogP contribution is 2.39. The molecule has 1 saturated carbocycles. The average Bonchev–Trinajstić information content (AvgIpc) is 3.50. The second-order valence-electron chi connectivity index (χ2n) is 8.12. The number of ether oxygens (including phenoxy) is 1. The summed E-state index contributed by atoms with van der Waals surface area (Å²) in [7, 11) is -3.57. The molecule has 0 amide bonds.